The number of ether oxygens (including phenoxy) is 1. The van der Waals surface area contributed by atoms with Crippen molar-refractivity contribution < 1.29 is 9.53 Å². The highest BCUT2D eigenvalue weighted by molar-refractivity contribution is 6.35. The molecule has 0 N–H and O–H groups in total. The Morgan fingerprint density at radius 1 is 1.03 bits per heavy atom. The van der Waals surface area contributed by atoms with Gasteiger partial charge < -0.3 is 19.1 Å². The van der Waals surface area contributed by atoms with Crippen LogP contribution < -0.4 is 4.90 Å². The molecule has 2 aromatic carbocycles. The fraction of sp³-hybridized carbons (Fsp3) is 0.320. The van der Waals surface area contributed by atoms with Crippen molar-refractivity contribution in [3.63, 3.8) is 0 Å². The average Bonchev–Trinajstić information content (AvgIpc) is 3.08. The van der Waals surface area contributed by atoms with Crippen LogP contribution in [0.1, 0.15) is 23.0 Å². The number of carbonyl (C=O) groups excluding carboxylic acids is 1. The lowest BCUT2D eigenvalue weighted by Crippen LogP contribution is -2.45. The molecule has 0 amide bonds. The van der Waals surface area contributed by atoms with E-state index in [1.165, 1.54) is 0 Å². The van der Waals surface area contributed by atoms with Crippen molar-refractivity contribution in [2.24, 2.45) is 0 Å². The third-order valence-electron chi connectivity index (χ3n) is 5.88. The number of hydrogen-bond acceptors (Lipinski definition) is 4. The number of piperazine rings is 1. The summed E-state index contributed by atoms with van der Waals surface area (Å²) in [5.74, 6) is -0.319. The average molecular weight is 472 g/mol. The Morgan fingerprint density at radius 2 is 1.72 bits per heavy atom. The van der Waals surface area contributed by atoms with Gasteiger partial charge in [0.15, 0.2) is 0 Å². The zero-order valence-electron chi connectivity index (χ0n) is 18.6. The molecule has 2 heterocycles. The lowest BCUT2D eigenvalue weighted by molar-refractivity contribution is 0.0526. The fourth-order valence-corrected chi connectivity index (χ4v) is 4.78. The van der Waals surface area contributed by atoms with Crippen molar-refractivity contribution in [2.75, 3.05) is 44.7 Å². The van der Waals surface area contributed by atoms with Gasteiger partial charge in [-0.25, -0.2) is 4.79 Å². The molecule has 0 atom stereocenters. The van der Waals surface area contributed by atoms with Gasteiger partial charge in [0.2, 0.25) is 0 Å². The van der Waals surface area contributed by atoms with Crippen molar-refractivity contribution in [3.05, 3.63) is 69.8 Å². The molecule has 4 rings (SSSR count). The van der Waals surface area contributed by atoms with Gasteiger partial charge in [-0.05, 0) is 39.1 Å². The van der Waals surface area contributed by atoms with E-state index in [0.29, 0.717) is 22.2 Å². The summed E-state index contributed by atoms with van der Waals surface area (Å²) in [5, 5.41) is 1.09. The summed E-state index contributed by atoms with van der Waals surface area (Å²) in [6.45, 7) is 7.57. The molecular weight excluding hydrogens is 445 g/mol. The number of benzene rings is 2. The van der Waals surface area contributed by atoms with Crippen LogP contribution in [-0.2, 0) is 4.74 Å². The quantitative estimate of drug-likeness (QED) is 0.448. The van der Waals surface area contributed by atoms with Crippen LogP contribution >= 0.6 is 23.2 Å². The minimum Gasteiger partial charge on any atom is -0.462 e. The number of anilines is 1. The number of hydrogen-bond donors (Lipinski definition) is 0. The molecule has 0 saturated carbocycles. The molecule has 7 heteroatoms. The van der Waals surface area contributed by atoms with Crippen molar-refractivity contribution in [2.45, 2.75) is 13.8 Å². The number of halogens is 2. The highest BCUT2D eigenvalue weighted by Gasteiger charge is 2.32. The van der Waals surface area contributed by atoms with Gasteiger partial charge in [0, 0.05) is 42.5 Å². The molecule has 0 unspecified atom stereocenters. The summed E-state index contributed by atoms with van der Waals surface area (Å²) >= 11 is 12.8. The Kier molecular flexibility index (Phi) is 6.79. The molecule has 0 radical (unpaired) electrons. The molecule has 5 nitrogen and oxygen atoms in total. The normalized spacial score (nSPS) is 14.6. The van der Waals surface area contributed by atoms with E-state index in [4.69, 9.17) is 27.9 Å². The number of nitrogens with zero attached hydrogens (tertiary/aromatic N) is 3. The molecule has 1 saturated heterocycles. The van der Waals surface area contributed by atoms with Crippen LogP contribution in [0.3, 0.4) is 0 Å². The van der Waals surface area contributed by atoms with Gasteiger partial charge in [-0.1, -0.05) is 53.5 Å². The van der Waals surface area contributed by atoms with Gasteiger partial charge in [-0.15, -0.1) is 0 Å². The van der Waals surface area contributed by atoms with Crippen LogP contribution in [0.15, 0.2) is 48.5 Å². The van der Waals surface area contributed by atoms with Crippen molar-refractivity contribution >= 4 is 34.9 Å². The standard InChI is InChI=1S/C25H27Cl2N3O2/c1-4-32-25(31)22-17(2)30(21-11-10-19(26)16-20(21)27)23(18-8-6-5-7-9-18)24(22)29-14-12-28(3)13-15-29/h5-11,16H,4,12-15H2,1-3H3. The lowest BCUT2D eigenvalue weighted by atomic mass is 10.1. The van der Waals surface area contributed by atoms with E-state index in [1.807, 2.05) is 44.2 Å². The van der Waals surface area contributed by atoms with E-state index in [9.17, 15) is 4.79 Å². The molecule has 0 aliphatic carbocycles. The van der Waals surface area contributed by atoms with Gasteiger partial charge in [-0.2, -0.15) is 0 Å². The van der Waals surface area contributed by atoms with Crippen LogP contribution in [0.4, 0.5) is 5.69 Å². The van der Waals surface area contributed by atoms with Crippen LogP contribution in [0, 0.1) is 6.92 Å². The fourth-order valence-electron chi connectivity index (χ4n) is 4.29. The Labute approximate surface area is 199 Å². The zero-order valence-corrected chi connectivity index (χ0v) is 20.1. The maximum Gasteiger partial charge on any atom is 0.342 e. The van der Waals surface area contributed by atoms with E-state index >= 15 is 0 Å². The molecule has 0 spiro atoms. The number of esters is 1. The number of likely N-dealkylation sites (N-methyl/N-ethyl adjacent to an activating group) is 1. The maximum atomic E-state index is 13.2. The van der Waals surface area contributed by atoms with Crippen LogP contribution in [-0.4, -0.2) is 55.3 Å². The van der Waals surface area contributed by atoms with Gasteiger partial charge in [0.1, 0.15) is 5.56 Å². The first-order chi connectivity index (χ1) is 15.4. The molecule has 1 aliphatic rings. The summed E-state index contributed by atoms with van der Waals surface area (Å²) < 4.78 is 7.57. The molecule has 32 heavy (non-hydrogen) atoms. The van der Waals surface area contributed by atoms with E-state index in [0.717, 1.165) is 54.5 Å². The molecule has 1 aliphatic heterocycles. The molecular formula is C25H27Cl2N3O2. The molecule has 3 aromatic rings. The Morgan fingerprint density at radius 3 is 2.34 bits per heavy atom. The number of carbonyl (C=O) groups is 1. The minimum atomic E-state index is -0.319. The molecule has 1 aromatic heterocycles. The summed E-state index contributed by atoms with van der Waals surface area (Å²) in [6.07, 6.45) is 0. The number of rotatable bonds is 5. The monoisotopic (exact) mass is 471 g/mol. The van der Waals surface area contributed by atoms with Gasteiger partial charge in [0.25, 0.3) is 0 Å². The Hall–Kier alpha value is -2.47. The largest absolute Gasteiger partial charge is 0.462 e. The predicted octanol–water partition coefficient (Wildman–Crippen LogP) is 5.69. The predicted molar refractivity (Wildman–Crippen MR) is 132 cm³/mol. The highest BCUT2D eigenvalue weighted by atomic mass is 35.5. The molecule has 1 fully saturated rings. The SMILES string of the molecule is CCOC(=O)c1c(N2CCN(C)CC2)c(-c2ccccc2)n(-c2ccc(Cl)cc2Cl)c1C. The van der Waals surface area contributed by atoms with Crippen LogP contribution in [0.5, 0.6) is 0 Å². The second-order valence-corrected chi connectivity index (χ2v) is 8.81. The Balaban J connectivity index is 2.05. The smallest absolute Gasteiger partial charge is 0.342 e. The van der Waals surface area contributed by atoms with Crippen molar-refractivity contribution in [1.82, 2.24) is 9.47 Å². The van der Waals surface area contributed by atoms with Crippen LogP contribution in [0.25, 0.3) is 16.9 Å². The second-order valence-electron chi connectivity index (χ2n) is 7.97. The third kappa shape index (κ3) is 4.25. The first-order valence-electron chi connectivity index (χ1n) is 10.8. The first kappa shape index (κ1) is 22.7. The summed E-state index contributed by atoms with van der Waals surface area (Å²) in [7, 11) is 2.12. The minimum absolute atomic E-state index is 0.313. The molecule has 168 valence electrons. The van der Waals surface area contributed by atoms with E-state index in [2.05, 4.69) is 33.5 Å². The summed E-state index contributed by atoms with van der Waals surface area (Å²) in [6, 6.07) is 15.6. The number of aromatic nitrogens is 1. The van der Waals surface area contributed by atoms with Gasteiger partial charge >= 0.3 is 5.97 Å². The maximum absolute atomic E-state index is 13.2. The third-order valence-corrected chi connectivity index (χ3v) is 6.42. The second kappa shape index (κ2) is 9.57. The van der Waals surface area contributed by atoms with Gasteiger partial charge in [0.05, 0.1) is 28.7 Å². The zero-order chi connectivity index (χ0) is 22.8. The van der Waals surface area contributed by atoms with E-state index < -0.39 is 0 Å². The van der Waals surface area contributed by atoms with Gasteiger partial charge in [-0.3, -0.25) is 0 Å². The first-order valence-corrected chi connectivity index (χ1v) is 11.5. The topological polar surface area (TPSA) is 37.7 Å². The van der Waals surface area contributed by atoms with E-state index in [-0.39, 0.29) is 5.97 Å². The Bertz CT molecular complexity index is 1120. The lowest BCUT2D eigenvalue weighted by Gasteiger charge is -2.35. The summed E-state index contributed by atoms with van der Waals surface area (Å²) in [5.41, 5.74) is 4.98. The highest BCUT2D eigenvalue weighted by Crippen LogP contribution is 2.43. The molecule has 0 bridgehead atoms. The van der Waals surface area contributed by atoms with Crippen LogP contribution in [0.2, 0.25) is 10.0 Å². The summed E-state index contributed by atoms with van der Waals surface area (Å²) in [4.78, 5) is 17.8. The van der Waals surface area contributed by atoms with Crippen molar-refractivity contribution in [3.8, 4) is 16.9 Å². The van der Waals surface area contributed by atoms with E-state index in [1.54, 1.807) is 6.07 Å². The van der Waals surface area contributed by atoms with Crippen molar-refractivity contribution in [1.29, 1.82) is 0 Å².